The number of rotatable bonds is 3. The molecular weight excluding hydrogens is 201 g/mol. The van der Waals surface area contributed by atoms with Gasteiger partial charge in [-0.3, -0.25) is 4.79 Å². The SMILES string of the molecule is CCNC(=O)Oc1ccc(C=O)c(F)c1. The lowest BCUT2D eigenvalue weighted by Crippen LogP contribution is -2.26. The number of ether oxygens (including phenoxy) is 1. The molecule has 1 amide bonds. The second-order valence-corrected chi connectivity index (χ2v) is 2.72. The Morgan fingerprint density at radius 3 is 2.87 bits per heavy atom. The average Bonchev–Trinajstić information content (AvgIpc) is 2.18. The highest BCUT2D eigenvalue weighted by atomic mass is 19.1. The van der Waals surface area contributed by atoms with E-state index in [2.05, 4.69) is 5.32 Å². The molecule has 1 aromatic rings. The molecule has 0 unspecified atom stereocenters. The highest BCUT2D eigenvalue weighted by Crippen LogP contribution is 2.15. The van der Waals surface area contributed by atoms with Gasteiger partial charge in [0.2, 0.25) is 0 Å². The maximum absolute atomic E-state index is 13.0. The molecule has 0 aliphatic heterocycles. The Morgan fingerprint density at radius 1 is 1.60 bits per heavy atom. The van der Waals surface area contributed by atoms with Gasteiger partial charge in [0.15, 0.2) is 6.29 Å². The van der Waals surface area contributed by atoms with Crippen LogP contribution in [0.15, 0.2) is 18.2 Å². The summed E-state index contributed by atoms with van der Waals surface area (Å²) in [5.74, 6) is -0.657. The van der Waals surface area contributed by atoms with Crippen molar-refractivity contribution in [3.63, 3.8) is 0 Å². The first kappa shape index (κ1) is 11.2. The highest BCUT2D eigenvalue weighted by molar-refractivity contribution is 5.76. The molecule has 0 bridgehead atoms. The van der Waals surface area contributed by atoms with Crippen LogP contribution in [-0.2, 0) is 0 Å². The van der Waals surface area contributed by atoms with Gasteiger partial charge in [-0.2, -0.15) is 0 Å². The average molecular weight is 211 g/mol. The van der Waals surface area contributed by atoms with Crippen molar-refractivity contribution in [3.05, 3.63) is 29.6 Å². The summed E-state index contributed by atoms with van der Waals surface area (Å²) in [6.45, 7) is 2.16. The minimum atomic E-state index is -0.716. The van der Waals surface area contributed by atoms with Gasteiger partial charge in [-0.25, -0.2) is 9.18 Å². The van der Waals surface area contributed by atoms with Gasteiger partial charge >= 0.3 is 6.09 Å². The molecule has 0 aliphatic rings. The molecule has 1 N–H and O–H groups in total. The van der Waals surface area contributed by atoms with E-state index in [1.54, 1.807) is 6.92 Å². The summed E-state index contributed by atoms with van der Waals surface area (Å²) in [6.07, 6.45) is -0.263. The predicted octanol–water partition coefficient (Wildman–Crippen LogP) is 1.75. The first-order valence-corrected chi connectivity index (χ1v) is 4.37. The minimum Gasteiger partial charge on any atom is -0.410 e. The van der Waals surface area contributed by atoms with Gasteiger partial charge in [-0.05, 0) is 19.1 Å². The molecule has 1 rings (SSSR count). The van der Waals surface area contributed by atoms with E-state index < -0.39 is 11.9 Å². The zero-order chi connectivity index (χ0) is 11.3. The molecule has 0 atom stereocenters. The van der Waals surface area contributed by atoms with Crippen molar-refractivity contribution in [2.45, 2.75) is 6.92 Å². The van der Waals surface area contributed by atoms with Crippen molar-refractivity contribution in [2.75, 3.05) is 6.54 Å². The van der Waals surface area contributed by atoms with Gasteiger partial charge in [0, 0.05) is 12.6 Å². The monoisotopic (exact) mass is 211 g/mol. The van der Waals surface area contributed by atoms with E-state index in [-0.39, 0.29) is 11.3 Å². The molecule has 4 nitrogen and oxygen atoms in total. The summed E-state index contributed by atoms with van der Waals surface area (Å²) in [4.78, 5) is 21.3. The molecule has 0 saturated heterocycles. The van der Waals surface area contributed by atoms with Crippen LogP contribution in [0.25, 0.3) is 0 Å². The Hall–Kier alpha value is -1.91. The van der Waals surface area contributed by atoms with Gasteiger partial charge < -0.3 is 10.1 Å². The second-order valence-electron chi connectivity index (χ2n) is 2.72. The quantitative estimate of drug-likeness (QED) is 0.775. The Bertz CT molecular complexity index is 379. The number of aldehydes is 1. The van der Waals surface area contributed by atoms with Crippen LogP contribution in [0.3, 0.4) is 0 Å². The minimum absolute atomic E-state index is 0.0593. The fourth-order valence-electron chi connectivity index (χ4n) is 0.954. The molecule has 0 radical (unpaired) electrons. The number of halogens is 1. The molecule has 15 heavy (non-hydrogen) atoms. The number of carbonyl (C=O) groups excluding carboxylic acids is 2. The van der Waals surface area contributed by atoms with E-state index in [0.717, 1.165) is 6.07 Å². The molecule has 0 heterocycles. The van der Waals surface area contributed by atoms with E-state index in [0.29, 0.717) is 12.8 Å². The van der Waals surface area contributed by atoms with Crippen LogP contribution in [0, 0.1) is 5.82 Å². The lowest BCUT2D eigenvalue weighted by atomic mass is 10.2. The van der Waals surface area contributed by atoms with Gasteiger partial charge in [-0.15, -0.1) is 0 Å². The van der Waals surface area contributed by atoms with Gasteiger partial charge in [0.05, 0.1) is 5.56 Å². The summed E-state index contributed by atoms with van der Waals surface area (Å²) in [5, 5.41) is 2.39. The van der Waals surface area contributed by atoms with Gasteiger partial charge in [0.25, 0.3) is 0 Å². The lowest BCUT2D eigenvalue weighted by molar-refractivity contribution is 0.112. The summed E-state index contributed by atoms with van der Waals surface area (Å²) in [5.41, 5.74) is -0.0711. The number of nitrogens with one attached hydrogen (secondary N) is 1. The third-order valence-electron chi connectivity index (χ3n) is 1.63. The van der Waals surface area contributed by atoms with Crippen molar-refractivity contribution in [1.82, 2.24) is 5.32 Å². The molecular formula is C10H10FNO3. The Balaban J connectivity index is 2.75. The smallest absolute Gasteiger partial charge is 0.410 e. The van der Waals surface area contributed by atoms with Crippen LogP contribution in [0.2, 0.25) is 0 Å². The highest BCUT2D eigenvalue weighted by Gasteiger charge is 2.06. The molecule has 0 fully saturated rings. The standard InChI is InChI=1S/C10H10FNO3/c1-2-12-10(14)15-8-4-3-7(6-13)9(11)5-8/h3-6H,2H2,1H3,(H,12,14). The largest absolute Gasteiger partial charge is 0.412 e. The first-order valence-electron chi connectivity index (χ1n) is 4.37. The fraction of sp³-hybridized carbons (Fsp3) is 0.200. The van der Waals surface area contributed by atoms with Gasteiger partial charge in [-0.1, -0.05) is 0 Å². The number of hydrogen-bond donors (Lipinski definition) is 1. The Kier molecular flexibility index (Phi) is 3.79. The van der Waals surface area contributed by atoms with Crippen LogP contribution >= 0.6 is 0 Å². The zero-order valence-corrected chi connectivity index (χ0v) is 8.12. The predicted molar refractivity (Wildman–Crippen MR) is 51.5 cm³/mol. The molecule has 0 aliphatic carbocycles. The summed E-state index contributed by atoms with van der Waals surface area (Å²) in [7, 11) is 0. The molecule has 80 valence electrons. The van der Waals surface area contributed by atoms with Gasteiger partial charge in [0.1, 0.15) is 11.6 Å². The summed E-state index contributed by atoms with van der Waals surface area (Å²) in [6, 6.07) is 3.58. The zero-order valence-electron chi connectivity index (χ0n) is 8.12. The van der Waals surface area contributed by atoms with Crippen molar-refractivity contribution < 1.29 is 18.7 Å². The van der Waals surface area contributed by atoms with Crippen LogP contribution in [0.1, 0.15) is 17.3 Å². The maximum Gasteiger partial charge on any atom is 0.412 e. The molecule has 0 saturated carbocycles. The van der Waals surface area contributed by atoms with Crippen molar-refractivity contribution in [1.29, 1.82) is 0 Å². The molecule has 0 aromatic heterocycles. The van der Waals surface area contributed by atoms with Crippen LogP contribution in [-0.4, -0.2) is 18.9 Å². The van der Waals surface area contributed by atoms with E-state index in [9.17, 15) is 14.0 Å². The topological polar surface area (TPSA) is 55.4 Å². The number of benzene rings is 1. The number of hydrogen-bond acceptors (Lipinski definition) is 3. The second kappa shape index (κ2) is 5.09. The number of carbonyl (C=O) groups is 2. The third-order valence-corrected chi connectivity index (χ3v) is 1.63. The van der Waals surface area contributed by atoms with E-state index >= 15 is 0 Å². The van der Waals surface area contributed by atoms with Crippen LogP contribution in [0.4, 0.5) is 9.18 Å². The Labute approximate surface area is 86.0 Å². The molecule has 5 heteroatoms. The van der Waals surface area contributed by atoms with Crippen LogP contribution < -0.4 is 10.1 Å². The van der Waals surface area contributed by atoms with Crippen LogP contribution in [0.5, 0.6) is 5.75 Å². The summed E-state index contributed by atoms with van der Waals surface area (Å²) < 4.78 is 17.8. The van der Waals surface area contributed by atoms with Crippen molar-refractivity contribution in [2.24, 2.45) is 0 Å². The lowest BCUT2D eigenvalue weighted by Gasteiger charge is -2.04. The van der Waals surface area contributed by atoms with E-state index in [1.165, 1.54) is 12.1 Å². The normalized spacial score (nSPS) is 9.47. The molecule has 1 aromatic carbocycles. The fourth-order valence-corrected chi connectivity index (χ4v) is 0.954. The Morgan fingerprint density at radius 2 is 2.33 bits per heavy atom. The first-order chi connectivity index (χ1) is 7.17. The van der Waals surface area contributed by atoms with E-state index in [4.69, 9.17) is 4.74 Å². The summed E-state index contributed by atoms with van der Waals surface area (Å²) >= 11 is 0. The van der Waals surface area contributed by atoms with Crippen molar-refractivity contribution in [3.8, 4) is 5.75 Å². The van der Waals surface area contributed by atoms with Crippen molar-refractivity contribution >= 4 is 12.4 Å². The maximum atomic E-state index is 13.0. The number of amides is 1. The third kappa shape index (κ3) is 3.05. The molecule has 0 spiro atoms. The van der Waals surface area contributed by atoms with E-state index in [1.807, 2.05) is 0 Å².